The van der Waals surface area contributed by atoms with Gasteiger partial charge in [-0.1, -0.05) is 30.8 Å². The van der Waals surface area contributed by atoms with Gasteiger partial charge in [0.2, 0.25) is 0 Å². The van der Waals surface area contributed by atoms with Gasteiger partial charge >= 0.3 is 11.8 Å². The van der Waals surface area contributed by atoms with Gasteiger partial charge in [-0.3, -0.25) is 14.6 Å². The number of amidine groups is 1. The second kappa shape index (κ2) is 7.77. The number of hydrogen-bond acceptors (Lipinski definition) is 6. The molecule has 7 nitrogen and oxygen atoms in total. The number of nitrogens with zero attached hydrogens (tertiary/aromatic N) is 2. The molecule has 23 heavy (non-hydrogen) atoms. The number of carbonyl (C=O) groups is 2. The molecule has 2 rings (SSSR count). The summed E-state index contributed by atoms with van der Waals surface area (Å²) in [7, 11) is 0. The van der Waals surface area contributed by atoms with Crippen molar-refractivity contribution >= 4 is 40.1 Å². The van der Waals surface area contributed by atoms with Crippen LogP contribution in [0, 0.1) is 0 Å². The highest BCUT2D eigenvalue weighted by molar-refractivity contribution is 8.15. The summed E-state index contributed by atoms with van der Waals surface area (Å²) in [6.45, 7) is 4.74. The van der Waals surface area contributed by atoms with Crippen LogP contribution in [-0.2, 0) is 9.59 Å². The molecule has 122 valence electrons. The maximum atomic E-state index is 11.1. The Balaban J connectivity index is 1.95. The van der Waals surface area contributed by atoms with E-state index in [0.717, 1.165) is 29.4 Å². The second-order valence-electron chi connectivity index (χ2n) is 5.00. The minimum absolute atomic E-state index is 0.556. The summed E-state index contributed by atoms with van der Waals surface area (Å²) >= 11 is 1.75. The van der Waals surface area contributed by atoms with Crippen LogP contribution in [0.3, 0.4) is 0 Å². The molecule has 2 amide bonds. The molecule has 1 aromatic rings. The molecule has 0 aliphatic carbocycles. The van der Waals surface area contributed by atoms with E-state index in [9.17, 15) is 9.59 Å². The number of primary amides is 1. The third-order valence-corrected chi connectivity index (χ3v) is 4.55. The van der Waals surface area contributed by atoms with E-state index >= 15 is 0 Å². The highest BCUT2D eigenvalue weighted by Crippen LogP contribution is 2.24. The standard InChI is InChI=1S/C15H19N5O2S/c1-3-12-8-17-15(23-12)18-11-6-4-10(5-7-11)9(2)19-20-14(22)13(16)21/h4-7,12H,3,8H2,1-2H3,(H2,16,21)(H,17,18)(H,20,22)/b19-9-/t12-/m0/s1. The van der Waals surface area contributed by atoms with Gasteiger partial charge in [0, 0.05) is 10.9 Å². The van der Waals surface area contributed by atoms with Gasteiger partial charge in [0.15, 0.2) is 5.17 Å². The Morgan fingerprint density at radius 2 is 2.09 bits per heavy atom. The zero-order valence-corrected chi connectivity index (χ0v) is 13.8. The van der Waals surface area contributed by atoms with E-state index in [1.807, 2.05) is 24.3 Å². The number of hydrazone groups is 1. The molecule has 1 aliphatic heterocycles. The predicted octanol–water partition coefficient (Wildman–Crippen LogP) is 1.31. The topological polar surface area (TPSA) is 109 Å². The van der Waals surface area contributed by atoms with E-state index in [-0.39, 0.29) is 0 Å². The van der Waals surface area contributed by atoms with Crippen molar-refractivity contribution in [3.63, 3.8) is 0 Å². The van der Waals surface area contributed by atoms with Crippen molar-refractivity contribution < 1.29 is 9.59 Å². The van der Waals surface area contributed by atoms with Crippen LogP contribution in [-0.4, -0.2) is 34.5 Å². The average molecular weight is 333 g/mol. The molecule has 0 bridgehead atoms. The lowest BCUT2D eigenvalue weighted by atomic mass is 10.1. The summed E-state index contributed by atoms with van der Waals surface area (Å²) in [4.78, 5) is 26.1. The van der Waals surface area contributed by atoms with Crippen LogP contribution in [0.15, 0.2) is 34.4 Å². The number of anilines is 1. The summed E-state index contributed by atoms with van der Waals surface area (Å²) in [6.07, 6.45) is 1.10. The largest absolute Gasteiger partial charge is 0.361 e. The van der Waals surface area contributed by atoms with E-state index in [4.69, 9.17) is 5.73 Å². The lowest BCUT2D eigenvalue weighted by molar-refractivity contribution is -0.137. The Morgan fingerprint density at radius 1 is 1.39 bits per heavy atom. The summed E-state index contributed by atoms with van der Waals surface area (Å²) in [6, 6.07) is 7.56. The fourth-order valence-electron chi connectivity index (χ4n) is 1.87. The Morgan fingerprint density at radius 3 is 2.65 bits per heavy atom. The Bertz CT molecular complexity index is 654. The molecule has 1 aromatic carbocycles. The number of aliphatic imine (C=N–C) groups is 1. The summed E-state index contributed by atoms with van der Waals surface area (Å²) < 4.78 is 0. The van der Waals surface area contributed by atoms with E-state index in [0.29, 0.717) is 11.0 Å². The van der Waals surface area contributed by atoms with Gasteiger partial charge in [0.05, 0.1) is 12.3 Å². The molecule has 0 saturated heterocycles. The van der Waals surface area contributed by atoms with E-state index in [1.165, 1.54) is 0 Å². The Hall–Kier alpha value is -2.35. The Labute approximate surface area is 138 Å². The van der Waals surface area contributed by atoms with Crippen LogP contribution in [0.4, 0.5) is 5.69 Å². The maximum Gasteiger partial charge on any atom is 0.329 e. The summed E-state index contributed by atoms with van der Waals surface area (Å²) in [5, 5.41) is 8.61. The smallest absolute Gasteiger partial charge is 0.329 e. The van der Waals surface area contributed by atoms with Gasteiger partial charge in [0.1, 0.15) is 0 Å². The lowest BCUT2D eigenvalue weighted by Gasteiger charge is -2.08. The number of carbonyl (C=O) groups excluding carboxylic acids is 2. The normalized spacial score (nSPS) is 17.6. The molecule has 0 spiro atoms. The molecule has 1 heterocycles. The van der Waals surface area contributed by atoms with Gasteiger partial charge < -0.3 is 11.1 Å². The van der Waals surface area contributed by atoms with Crippen molar-refractivity contribution in [3.05, 3.63) is 29.8 Å². The van der Waals surface area contributed by atoms with Crippen molar-refractivity contribution in [1.82, 2.24) is 5.43 Å². The minimum Gasteiger partial charge on any atom is -0.361 e. The first kappa shape index (κ1) is 17.0. The highest BCUT2D eigenvalue weighted by atomic mass is 32.2. The molecule has 0 aromatic heterocycles. The van der Waals surface area contributed by atoms with Crippen LogP contribution in [0.2, 0.25) is 0 Å². The molecule has 0 fully saturated rings. The second-order valence-corrected chi connectivity index (χ2v) is 6.29. The van der Waals surface area contributed by atoms with Crippen molar-refractivity contribution in [3.8, 4) is 0 Å². The first-order valence-corrected chi connectivity index (χ1v) is 8.10. The average Bonchev–Trinajstić information content (AvgIpc) is 3.00. The van der Waals surface area contributed by atoms with Crippen molar-refractivity contribution in [2.24, 2.45) is 15.8 Å². The first-order valence-electron chi connectivity index (χ1n) is 7.22. The molecule has 1 aliphatic rings. The van der Waals surface area contributed by atoms with Gasteiger partial charge in [-0.2, -0.15) is 5.10 Å². The zero-order chi connectivity index (χ0) is 16.8. The number of amides is 2. The molecule has 0 saturated carbocycles. The zero-order valence-electron chi connectivity index (χ0n) is 13.0. The number of benzene rings is 1. The summed E-state index contributed by atoms with van der Waals surface area (Å²) in [5.41, 5.74) is 9.27. The molecule has 1 atom stereocenters. The van der Waals surface area contributed by atoms with Crippen LogP contribution >= 0.6 is 11.8 Å². The van der Waals surface area contributed by atoms with E-state index in [2.05, 4.69) is 27.8 Å². The predicted molar refractivity (Wildman–Crippen MR) is 93.6 cm³/mol. The van der Waals surface area contributed by atoms with E-state index < -0.39 is 11.8 Å². The lowest BCUT2D eigenvalue weighted by Crippen LogP contribution is -2.33. The third kappa shape index (κ3) is 4.82. The first-order chi connectivity index (χ1) is 11.0. The van der Waals surface area contributed by atoms with Gasteiger partial charge in [0.25, 0.3) is 0 Å². The van der Waals surface area contributed by atoms with Crippen LogP contribution in [0.25, 0.3) is 0 Å². The fourth-order valence-corrected chi connectivity index (χ4v) is 2.83. The summed E-state index contributed by atoms with van der Waals surface area (Å²) in [5.74, 6) is -2.01. The SMILES string of the molecule is CC[C@H]1CN=C(Nc2ccc(/C(C)=N\NC(=O)C(N)=O)cc2)S1. The molecular formula is C15H19N5O2S. The number of hydrogen-bond donors (Lipinski definition) is 3. The third-order valence-electron chi connectivity index (χ3n) is 3.28. The van der Waals surface area contributed by atoms with Gasteiger partial charge in [-0.15, -0.1) is 0 Å². The maximum absolute atomic E-state index is 11.1. The monoisotopic (exact) mass is 333 g/mol. The number of nitrogens with two attached hydrogens (primary N) is 1. The fraction of sp³-hybridized carbons (Fsp3) is 0.333. The highest BCUT2D eigenvalue weighted by Gasteiger charge is 2.17. The molecule has 4 N–H and O–H groups in total. The Kier molecular flexibility index (Phi) is 5.75. The molecule has 0 unspecified atom stereocenters. The van der Waals surface area contributed by atoms with Crippen LogP contribution in [0.5, 0.6) is 0 Å². The van der Waals surface area contributed by atoms with Crippen LogP contribution < -0.4 is 16.5 Å². The number of rotatable bonds is 4. The van der Waals surface area contributed by atoms with Gasteiger partial charge in [-0.25, -0.2) is 5.43 Å². The van der Waals surface area contributed by atoms with E-state index in [1.54, 1.807) is 18.7 Å². The van der Waals surface area contributed by atoms with Crippen molar-refractivity contribution in [2.45, 2.75) is 25.5 Å². The van der Waals surface area contributed by atoms with Crippen molar-refractivity contribution in [2.75, 3.05) is 11.9 Å². The number of nitrogens with one attached hydrogen (secondary N) is 2. The molecular weight excluding hydrogens is 314 g/mol. The quantitative estimate of drug-likeness (QED) is 0.438. The molecule has 0 radical (unpaired) electrons. The van der Waals surface area contributed by atoms with Crippen molar-refractivity contribution in [1.29, 1.82) is 0 Å². The number of thioether (sulfide) groups is 1. The minimum atomic E-state index is -1.07. The van der Waals surface area contributed by atoms with Gasteiger partial charge in [-0.05, 0) is 31.0 Å². The van der Waals surface area contributed by atoms with Crippen LogP contribution in [0.1, 0.15) is 25.8 Å². The molecule has 8 heteroatoms.